The highest BCUT2D eigenvalue weighted by atomic mass is 16.2. The molecule has 0 saturated heterocycles. The first-order valence-corrected chi connectivity index (χ1v) is 7.22. The standard InChI is InChI=1S/C15H24N2O/c1-4-15(3,9-16)14(18)17-10(2)13-8-11-5-6-12(13)7-11/h10-13H,4-8H2,1-3H3,(H,17,18). The van der Waals surface area contributed by atoms with Crippen molar-refractivity contribution in [1.29, 1.82) is 5.26 Å². The van der Waals surface area contributed by atoms with Crippen LogP contribution in [0.1, 0.15) is 52.9 Å². The third kappa shape index (κ3) is 2.25. The summed E-state index contributed by atoms with van der Waals surface area (Å²) < 4.78 is 0. The second-order valence-corrected chi connectivity index (χ2v) is 6.40. The molecular weight excluding hydrogens is 224 g/mol. The number of carbonyl (C=O) groups excluding carboxylic acids is 1. The summed E-state index contributed by atoms with van der Waals surface area (Å²) in [5.41, 5.74) is -0.869. The summed E-state index contributed by atoms with van der Waals surface area (Å²) in [6.07, 6.45) is 5.90. The Morgan fingerprint density at radius 2 is 2.22 bits per heavy atom. The molecule has 0 spiro atoms. The highest BCUT2D eigenvalue weighted by Gasteiger charge is 2.43. The van der Waals surface area contributed by atoms with E-state index in [1.807, 2.05) is 6.92 Å². The minimum absolute atomic E-state index is 0.0947. The fourth-order valence-corrected chi connectivity index (χ4v) is 3.67. The maximum Gasteiger partial charge on any atom is 0.240 e. The van der Waals surface area contributed by atoms with E-state index in [0.717, 1.165) is 11.8 Å². The van der Waals surface area contributed by atoms with Gasteiger partial charge >= 0.3 is 0 Å². The quantitative estimate of drug-likeness (QED) is 0.831. The van der Waals surface area contributed by atoms with Crippen molar-refractivity contribution in [2.75, 3.05) is 0 Å². The Bertz CT molecular complexity index is 373. The molecule has 0 aromatic heterocycles. The highest BCUT2D eigenvalue weighted by Crippen LogP contribution is 2.49. The Balaban J connectivity index is 1.94. The van der Waals surface area contributed by atoms with Crippen LogP contribution in [0, 0.1) is 34.5 Å². The number of hydrogen-bond donors (Lipinski definition) is 1. The summed E-state index contributed by atoms with van der Waals surface area (Å²) >= 11 is 0. The summed E-state index contributed by atoms with van der Waals surface area (Å²) in [7, 11) is 0. The number of amides is 1. The van der Waals surface area contributed by atoms with E-state index in [1.54, 1.807) is 6.92 Å². The molecular formula is C15H24N2O. The van der Waals surface area contributed by atoms with Crippen molar-refractivity contribution >= 4 is 5.91 Å². The summed E-state index contributed by atoms with van der Waals surface area (Å²) in [5.74, 6) is 2.24. The molecule has 2 saturated carbocycles. The zero-order chi connectivity index (χ0) is 13.3. The summed E-state index contributed by atoms with van der Waals surface area (Å²) in [6, 6.07) is 2.36. The number of hydrogen-bond acceptors (Lipinski definition) is 2. The van der Waals surface area contributed by atoms with Crippen molar-refractivity contribution in [3.63, 3.8) is 0 Å². The van der Waals surface area contributed by atoms with E-state index in [4.69, 9.17) is 5.26 Å². The summed E-state index contributed by atoms with van der Waals surface area (Å²) in [4.78, 5) is 12.2. The minimum atomic E-state index is -0.869. The van der Waals surface area contributed by atoms with Crippen LogP contribution < -0.4 is 5.32 Å². The first kappa shape index (κ1) is 13.4. The molecule has 2 rings (SSSR count). The lowest BCUT2D eigenvalue weighted by Crippen LogP contribution is -2.46. The molecule has 5 unspecified atom stereocenters. The van der Waals surface area contributed by atoms with Gasteiger partial charge in [0, 0.05) is 6.04 Å². The fourth-order valence-electron chi connectivity index (χ4n) is 3.67. The van der Waals surface area contributed by atoms with Crippen LogP contribution in [-0.4, -0.2) is 11.9 Å². The van der Waals surface area contributed by atoms with Gasteiger partial charge in [0.2, 0.25) is 5.91 Å². The van der Waals surface area contributed by atoms with Gasteiger partial charge in [0.05, 0.1) is 6.07 Å². The fraction of sp³-hybridized carbons (Fsp3) is 0.867. The van der Waals surface area contributed by atoms with Crippen LogP contribution in [0.2, 0.25) is 0 Å². The molecule has 1 N–H and O–H groups in total. The lowest BCUT2D eigenvalue weighted by Gasteiger charge is -2.30. The van der Waals surface area contributed by atoms with Gasteiger partial charge in [-0.2, -0.15) is 5.26 Å². The predicted octanol–water partition coefficient (Wildman–Crippen LogP) is 2.87. The van der Waals surface area contributed by atoms with Crippen molar-refractivity contribution in [3.8, 4) is 6.07 Å². The molecule has 2 aliphatic carbocycles. The molecule has 3 nitrogen and oxygen atoms in total. The van der Waals surface area contributed by atoms with E-state index in [1.165, 1.54) is 25.7 Å². The molecule has 3 heteroatoms. The lowest BCUT2D eigenvalue weighted by atomic mass is 9.82. The largest absolute Gasteiger partial charge is 0.352 e. The van der Waals surface area contributed by atoms with Gasteiger partial charge in [-0.15, -0.1) is 0 Å². The minimum Gasteiger partial charge on any atom is -0.352 e. The number of nitrogens with one attached hydrogen (secondary N) is 1. The van der Waals surface area contributed by atoms with Gasteiger partial charge < -0.3 is 5.32 Å². The number of nitriles is 1. The molecule has 0 aliphatic heterocycles. The van der Waals surface area contributed by atoms with Gasteiger partial charge in [-0.25, -0.2) is 0 Å². The molecule has 1 amide bonds. The van der Waals surface area contributed by atoms with Gasteiger partial charge in [-0.05, 0) is 57.3 Å². The van der Waals surface area contributed by atoms with Crippen LogP contribution in [0.25, 0.3) is 0 Å². The van der Waals surface area contributed by atoms with Gasteiger partial charge in [-0.1, -0.05) is 13.3 Å². The van der Waals surface area contributed by atoms with E-state index >= 15 is 0 Å². The molecule has 0 radical (unpaired) electrons. The number of nitrogens with zero attached hydrogens (tertiary/aromatic N) is 1. The number of carbonyl (C=O) groups is 1. The van der Waals surface area contributed by atoms with Gasteiger partial charge in [-0.3, -0.25) is 4.79 Å². The van der Waals surface area contributed by atoms with E-state index in [2.05, 4.69) is 18.3 Å². The van der Waals surface area contributed by atoms with Crippen LogP contribution in [-0.2, 0) is 4.79 Å². The van der Waals surface area contributed by atoms with Crippen LogP contribution in [0.5, 0.6) is 0 Å². The zero-order valence-corrected chi connectivity index (χ0v) is 11.7. The third-order valence-electron chi connectivity index (χ3n) is 5.25. The van der Waals surface area contributed by atoms with Crippen LogP contribution in [0.3, 0.4) is 0 Å². The molecule has 0 aromatic rings. The van der Waals surface area contributed by atoms with Crippen molar-refractivity contribution in [2.45, 2.75) is 58.9 Å². The molecule has 100 valence electrons. The number of fused-ring (bicyclic) bond motifs is 2. The molecule has 5 atom stereocenters. The third-order valence-corrected chi connectivity index (χ3v) is 5.25. The topological polar surface area (TPSA) is 52.9 Å². The zero-order valence-electron chi connectivity index (χ0n) is 11.7. The Morgan fingerprint density at radius 1 is 1.50 bits per heavy atom. The first-order chi connectivity index (χ1) is 8.50. The Hall–Kier alpha value is -1.04. The highest BCUT2D eigenvalue weighted by molar-refractivity contribution is 5.85. The monoisotopic (exact) mass is 248 g/mol. The molecule has 0 aromatic carbocycles. The number of rotatable bonds is 4. The first-order valence-electron chi connectivity index (χ1n) is 7.22. The SMILES string of the molecule is CCC(C)(C#N)C(=O)NC(C)C1CC2CCC1C2. The van der Waals surface area contributed by atoms with Gasteiger partial charge in [0.25, 0.3) is 0 Å². The summed E-state index contributed by atoms with van der Waals surface area (Å²) in [6.45, 7) is 5.73. The summed E-state index contributed by atoms with van der Waals surface area (Å²) in [5, 5.41) is 12.2. The normalized spacial score (nSPS) is 34.7. The van der Waals surface area contributed by atoms with Crippen molar-refractivity contribution in [1.82, 2.24) is 5.32 Å². The van der Waals surface area contributed by atoms with Crippen LogP contribution in [0.4, 0.5) is 0 Å². The van der Waals surface area contributed by atoms with Gasteiger partial charge in [0.1, 0.15) is 5.41 Å². The van der Waals surface area contributed by atoms with Crippen LogP contribution >= 0.6 is 0 Å². The van der Waals surface area contributed by atoms with Crippen molar-refractivity contribution < 1.29 is 4.79 Å². The van der Waals surface area contributed by atoms with Crippen molar-refractivity contribution in [3.05, 3.63) is 0 Å². The van der Waals surface area contributed by atoms with E-state index < -0.39 is 5.41 Å². The van der Waals surface area contributed by atoms with E-state index in [-0.39, 0.29) is 11.9 Å². The molecule has 0 heterocycles. The predicted molar refractivity (Wildman–Crippen MR) is 70.6 cm³/mol. The molecule has 2 bridgehead atoms. The van der Waals surface area contributed by atoms with E-state index in [9.17, 15) is 4.79 Å². The Labute approximate surface area is 110 Å². The average Bonchev–Trinajstić information content (AvgIpc) is 2.99. The maximum atomic E-state index is 12.2. The lowest BCUT2D eigenvalue weighted by molar-refractivity contribution is -0.128. The van der Waals surface area contributed by atoms with Crippen molar-refractivity contribution in [2.24, 2.45) is 23.2 Å². The van der Waals surface area contributed by atoms with E-state index in [0.29, 0.717) is 12.3 Å². The second kappa shape index (κ2) is 4.91. The average molecular weight is 248 g/mol. The molecule has 2 fully saturated rings. The molecule has 18 heavy (non-hydrogen) atoms. The van der Waals surface area contributed by atoms with Crippen LogP contribution in [0.15, 0.2) is 0 Å². The second-order valence-electron chi connectivity index (χ2n) is 6.40. The molecule has 2 aliphatic rings. The Morgan fingerprint density at radius 3 is 2.67 bits per heavy atom. The maximum absolute atomic E-state index is 12.2. The Kier molecular flexibility index (Phi) is 3.66. The van der Waals surface area contributed by atoms with Gasteiger partial charge in [0.15, 0.2) is 0 Å². The smallest absolute Gasteiger partial charge is 0.240 e.